The lowest BCUT2D eigenvalue weighted by Gasteiger charge is -2.37. The van der Waals surface area contributed by atoms with Crippen LogP contribution in [0.2, 0.25) is 0 Å². The lowest BCUT2D eigenvalue weighted by atomic mass is 10.0. The first-order chi connectivity index (χ1) is 17.1. The van der Waals surface area contributed by atoms with E-state index in [0.29, 0.717) is 17.8 Å². The molecule has 0 spiro atoms. The minimum atomic E-state index is 0.500. The maximum atomic E-state index is 10.9. The maximum absolute atomic E-state index is 10.9. The van der Waals surface area contributed by atoms with Crippen LogP contribution in [0.25, 0.3) is 11.6 Å². The number of hydrogen-bond donors (Lipinski definition) is 1. The molecule has 1 N–H and O–H groups in total. The van der Waals surface area contributed by atoms with Crippen molar-refractivity contribution >= 4 is 23.0 Å². The summed E-state index contributed by atoms with van der Waals surface area (Å²) in [7, 11) is 0. The van der Waals surface area contributed by atoms with Gasteiger partial charge in [-0.15, -0.1) is 4.91 Å². The molecule has 0 bridgehead atoms. The van der Waals surface area contributed by atoms with Gasteiger partial charge in [0, 0.05) is 70.1 Å². The average molecular weight is 474 g/mol. The van der Waals surface area contributed by atoms with Crippen LogP contribution in [-0.2, 0) is 6.42 Å². The van der Waals surface area contributed by atoms with E-state index in [-0.39, 0.29) is 0 Å². The van der Waals surface area contributed by atoms with Gasteiger partial charge < -0.3 is 10.2 Å². The molecule has 35 heavy (non-hydrogen) atoms. The number of anilines is 1. The Bertz CT molecular complexity index is 1050. The fraction of sp³-hybridized carbons (Fsp3) is 0.517. The monoisotopic (exact) mass is 473 g/mol. The SMILES string of the molecule is CC(C)N1CCN(CCNC2CCN(c3cccc(C4=Cc5cc(N=O)ccc5C4)c3)CC2)CC1. The van der Waals surface area contributed by atoms with Gasteiger partial charge >= 0.3 is 0 Å². The fourth-order valence-electron chi connectivity index (χ4n) is 5.74. The Balaban J connectivity index is 1.09. The Labute approximate surface area is 210 Å². The molecule has 2 fully saturated rings. The Morgan fingerprint density at radius 3 is 2.54 bits per heavy atom. The van der Waals surface area contributed by atoms with Crippen molar-refractivity contribution in [2.45, 2.75) is 45.2 Å². The second kappa shape index (κ2) is 11.0. The number of nitroso groups, excluding NO2 is 1. The van der Waals surface area contributed by atoms with E-state index in [1.54, 1.807) is 0 Å². The topological polar surface area (TPSA) is 51.2 Å². The molecule has 2 aromatic rings. The van der Waals surface area contributed by atoms with E-state index in [1.807, 2.05) is 18.2 Å². The summed E-state index contributed by atoms with van der Waals surface area (Å²) in [6, 6.07) is 16.0. The summed E-state index contributed by atoms with van der Waals surface area (Å²) in [6.07, 6.45) is 5.51. The molecule has 3 aliphatic rings. The summed E-state index contributed by atoms with van der Waals surface area (Å²) in [6.45, 7) is 13.9. The van der Waals surface area contributed by atoms with Crippen molar-refractivity contribution in [1.82, 2.24) is 15.1 Å². The molecule has 2 heterocycles. The third-order valence-corrected chi connectivity index (χ3v) is 8.02. The predicted octanol–water partition coefficient (Wildman–Crippen LogP) is 4.77. The molecular weight excluding hydrogens is 434 g/mol. The molecular formula is C29H39N5O. The molecule has 0 unspecified atom stereocenters. The molecule has 186 valence electrons. The zero-order chi connectivity index (χ0) is 24.2. The van der Waals surface area contributed by atoms with Crippen molar-refractivity contribution < 1.29 is 0 Å². The standard InChI is InChI=1S/C29H39N5O/c1-22(2)33-16-14-32(15-17-33)13-10-30-27-8-11-34(12-9-27)29-5-3-4-23(21-29)25-18-24-6-7-28(31-35)20-26(24)19-25/h3-7,19-22,27,30H,8-18H2,1-2H3. The van der Waals surface area contributed by atoms with Gasteiger partial charge in [-0.05, 0) is 84.8 Å². The van der Waals surface area contributed by atoms with E-state index < -0.39 is 0 Å². The van der Waals surface area contributed by atoms with Gasteiger partial charge in [0.25, 0.3) is 0 Å². The number of rotatable bonds is 8. The average Bonchev–Trinajstić information content (AvgIpc) is 3.33. The van der Waals surface area contributed by atoms with E-state index in [9.17, 15) is 4.91 Å². The second-order valence-corrected chi connectivity index (χ2v) is 10.6. The quantitative estimate of drug-likeness (QED) is 0.560. The third-order valence-electron chi connectivity index (χ3n) is 8.02. The highest BCUT2D eigenvalue weighted by atomic mass is 16.3. The smallest absolute Gasteiger partial charge is 0.108 e. The van der Waals surface area contributed by atoms with Gasteiger partial charge in [-0.3, -0.25) is 9.80 Å². The lowest BCUT2D eigenvalue weighted by molar-refractivity contribution is 0.108. The van der Waals surface area contributed by atoms with Crippen molar-refractivity contribution in [2.24, 2.45) is 5.18 Å². The second-order valence-electron chi connectivity index (χ2n) is 10.6. The van der Waals surface area contributed by atoms with Crippen LogP contribution < -0.4 is 10.2 Å². The molecule has 0 amide bonds. The lowest BCUT2D eigenvalue weighted by Crippen LogP contribution is -2.51. The van der Waals surface area contributed by atoms with E-state index >= 15 is 0 Å². The molecule has 2 aliphatic heterocycles. The number of nitrogens with one attached hydrogen (secondary N) is 1. The molecule has 0 radical (unpaired) electrons. The minimum absolute atomic E-state index is 0.500. The van der Waals surface area contributed by atoms with Crippen LogP contribution in [-0.4, -0.2) is 74.2 Å². The summed E-state index contributed by atoms with van der Waals surface area (Å²) in [5, 5.41) is 6.91. The Hall–Kier alpha value is -2.54. The fourth-order valence-corrected chi connectivity index (χ4v) is 5.74. The first kappa shape index (κ1) is 24.2. The van der Waals surface area contributed by atoms with E-state index in [2.05, 4.69) is 69.4 Å². The summed E-state index contributed by atoms with van der Waals surface area (Å²) in [5.41, 5.74) is 6.80. The Kier molecular flexibility index (Phi) is 7.61. The molecule has 6 heteroatoms. The molecule has 2 saturated heterocycles. The van der Waals surface area contributed by atoms with Gasteiger partial charge in [0.15, 0.2) is 0 Å². The van der Waals surface area contributed by atoms with Crippen molar-refractivity contribution in [3.05, 3.63) is 64.1 Å². The molecule has 0 atom stereocenters. The van der Waals surface area contributed by atoms with E-state index in [1.165, 1.54) is 61.4 Å². The molecule has 0 aromatic heterocycles. The number of piperidine rings is 1. The third kappa shape index (κ3) is 5.83. The van der Waals surface area contributed by atoms with Crippen LogP contribution in [0.15, 0.2) is 47.6 Å². The number of fused-ring (bicyclic) bond motifs is 1. The van der Waals surface area contributed by atoms with Crippen LogP contribution in [0, 0.1) is 4.91 Å². The van der Waals surface area contributed by atoms with Crippen LogP contribution >= 0.6 is 0 Å². The zero-order valence-electron chi connectivity index (χ0n) is 21.2. The van der Waals surface area contributed by atoms with Crippen molar-refractivity contribution in [3.8, 4) is 0 Å². The summed E-state index contributed by atoms with van der Waals surface area (Å²) >= 11 is 0. The van der Waals surface area contributed by atoms with Gasteiger partial charge in [0.05, 0.1) is 0 Å². The van der Waals surface area contributed by atoms with Crippen molar-refractivity contribution in [1.29, 1.82) is 0 Å². The van der Waals surface area contributed by atoms with E-state index in [4.69, 9.17) is 0 Å². The highest BCUT2D eigenvalue weighted by Gasteiger charge is 2.22. The number of allylic oxidation sites excluding steroid dienone is 1. The highest BCUT2D eigenvalue weighted by Crippen LogP contribution is 2.35. The molecule has 0 saturated carbocycles. The number of nitrogens with zero attached hydrogens (tertiary/aromatic N) is 4. The van der Waals surface area contributed by atoms with Crippen LogP contribution in [0.1, 0.15) is 43.4 Å². The van der Waals surface area contributed by atoms with E-state index in [0.717, 1.165) is 38.2 Å². The maximum Gasteiger partial charge on any atom is 0.108 e. The van der Waals surface area contributed by atoms with Crippen molar-refractivity contribution in [3.63, 3.8) is 0 Å². The largest absolute Gasteiger partial charge is 0.371 e. The minimum Gasteiger partial charge on any atom is -0.371 e. The van der Waals surface area contributed by atoms with Gasteiger partial charge in [0.2, 0.25) is 0 Å². The van der Waals surface area contributed by atoms with Crippen LogP contribution in [0.4, 0.5) is 11.4 Å². The van der Waals surface area contributed by atoms with Crippen LogP contribution in [0.3, 0.4) is 0 Å². The van der Waals surface area contributed by atoms with Gasteiger partial charge in [-0.2, -0.15) is 0 Å². The molecule has 6 nitrogen and oxygen atoms in total. The number of hydrogen-bond acceptors (Lipinski definition) is 6. The van der Waals surface area contributed by atoms with Gasteiger partial charge in [-0.1, -0.05) is 24.3 Å². The summed E-state index contributed by atoms with van der Waals surface area (Å²) in [4.78, 5) is 18.6. The summed E-state index contributed by atoms with van der Waals surface area (Å²) in [5.74, 6) is 0. The normalized spacial score (nSPS) is 19.7. The van der Waals surface area contributed by atoms with Gasteiger partial charge in [0.1, 0.15) is 5.69 Å². The Morgan fingerprint density at radius 1 is 1.00 bits per heavy atom. The number of benzene rings is 2. The molecule has 2 aromatic carbocycles. The van der Waals surface area contributed by atoms with Gasteiger partial charge in [-0.25, -0.2) is 0 Å². The molecule has 5 rings (SSSR count). The van der Waals surface area contributed by atoms with Crippen LogP contribution in [0.5, 0.6) is 0 Å². The first-order valence-corrected chi connectivity index (χ1v) is 13.3. The predicted molar refractivity (Wildman–Crippen MR) is 146 cm³/mol. The highest BCUT2D eigenvalue weighted by molar-refractivity contribution is 5.89. The first-order valence-electron chi connectivity index (χ1n) is 13.3. The zero-order valence-corrected chi connectivity index (χ0v) is 21.2. The number of piperazine rings is 1. The summed E-state index contributed by atoms with van der Waals surface area (Å²) < 4.78 is 0. The Morgan fingerprint density at radius 2 is 1.80 bits per heavy atom. The van der Waals surface area contributed by atoms with Crippen molar-refractivity contribution in [2.75, 3.05) is 57.3 Å². The molecule has 1 aliphatic carbocycles.